The summed E-state index contributed by atoms with van der Waals surface area (Å²) >= 11 is 0. The second-order valence-electron chi connectivity index (χ2n) is 6.34. The molecule has 2 rings (SSSR count). The van der Waals surface area contributed by atoms with Gasteiger partial charge in [-0.05, 0) is 13.0 Å². The number of nitrogens with one attached hydrogen (secondary N) is 2. The van der Waals surface area contributed by atoms with Crippen LogP contribution in [0.3, 0.4) is 0 Å². The lowest BCUT2D eigenvalue weighted by Crippen LogP contribution is -2.37. The van der Waals surface area contributed by atoms with Crippen LogP contribution in [0.5, 0.6) is 0 Å². The fraction of sp³-hybridized carbons (Fsp3) is 0.786. The third kappa shape index (κ3) is 4.78. The molecule has 1 aliphatic rings. The highest BCUT2D eigenvalue weighted by molar-refractivity contribution is 5.22. The number of ether oxygens (including phenoxy) is 1. The number of aromatic nitrogens is 3. The van der Waals surface area contributed by atoms with Crippen LogP contribution < -0.4 is 10.9 Å². The van der Waals surface area contributed by atoms with Crippen LogP contribution >= 0.6 is 0 Å². The molecule has 0 atom stereocenters. The number of rotatable bonds is 5. The zero-order chi connectivity index (χ0) is 15.3. The van der Waals surface area contributed by atoms with E-state index in [9.17, 15) is 4.79 Å². The molecule has 0 aliphatic carbocycles. The van der Waals surface area contributed by atoms with Gasteiger partial charge in [0.15, 0.2) is 0 Å². The van der Waals surface area contributed by atoms with Gasteiger partial charge in [-0.15, -0.1) is 10.2 Å². The van der Waals surface area contributed by atoms with Gasteiger partial charge in [0.25, 0.3) is 5.56 Å². The zero-order valence-corrected chi connectivity index (χ0v) is 13.1. The van der Waals surface area contributed by atoms with Crippen molar-refractivity contribution in [3.8, 4) is 0 Å². The Labute approximate surface area is 125 Å². The first-order chi connectivity index (χ1) is 9.97. The molecule has 2 heterocycles. The van der Waals surface area contributed by atoms with Crippen LogP contribution in [0, 0.1) is 0 Å². The molecule has 0 aromatic carbocycles. The maximum atomic E-state index is 11.9. The summed E-state index contributed by atoms with van der Waals surface area (Å²) in [5.41, 5.74) is -0.00957. The lowest BCUT2D eigenvalue weighted by Gasteiger charge is -2.26. The topological polar surface area (TPSA) is 83.1 Å². The molecule has 1 aliphatic heterocycles. The van der Waals surface area contributed by atoms with Gasteiger partial charge in [-0.1, -0.05) is 20.8 Å². The molecule has 7 heteroatoms. The number of hydrogen-bond donors (Lipinski definition) is 2. The quantitative estimate of drug-likeness (QED) is 0.774. The maximum absolute atomic E-state index is 11.9. The maximum Gasteiger partial charge on any atom is 0.274 e. The minimum absolute atomic E-state index is 0.173. The molecule has 0 spiro atoms. The Morgan fingerprint density at radius 3 is 2.62 bits per heavy atom. The number of anilines is 1. The smallest absolute Gasteiger partial charge is 0.274 e. The average Bonchev–Trinajstić information content (AvgIpc) is 2.43. The molecule has 1 fully saturated rings. The Morgan fingerprint density at radius 1 is 1.29 bits per heavy atom. The Hall–Kier alpha value is -1.47. The van der Waals surface area contributed by atoms with E-state index in [1.54, 1.807) is 0 Å². The van der Waals surface area contributed by atoms with Crippen LogP contribution in [0.4, 0.5) is 5.95 Å². The molecule has 118 valence electrons. The number of hydrogen-bond acceptors (Lipinski definition) is 6. The number of morpholine rings is 1. The predicted molar refractivity (Wildman–Crippen MR) is 81.7 cm³/mol. The first kappa shape index (κ1) is 15.9. The SMILES string of the molecule is CC(C)(C)c1nnc(NCCCN2CCOCC2)[nH]c1=O. The lowest BCUT2D eigenvalue weighted by molar-refractivity contribution is 0.0378. The van der Waals surface area contributed by atoms with E-state index in [2.05, 4.69) is 25.4 Å². The van der Waals surface area contributed by atoms with Gasteiger partial charge in [0.2, 0.25) is 5.95 Å². The number of aromatic amines is 1. The first-order valence-corrected chi connectivity index (χ1v) is 7.48. The largest absolute Gasteiger partial charge is 0.379 e. The molecule has 0 saturated carbocycles. The van der Waals surface area contributed by atoms with Crippen LogP contribution in [0.2, 0.25) is 0 Å². The second kappa shape index (κ2) is 7.00. The molecule has 21 heavy (non-hydrogen) atoms. The van der Waals surface area contributed by atoms with Gasteiger partial charge in [0.1, 0.15) is 5.69 Å². The molecular formula is C14H25N5O2. The molecule has 1 aromatic rings. The van der Waals surface area contributed by atoms with Gasteiger partial charge in [-0.2, -0.15) is 0 Å². The fourth-order valence-corrected chi connectivity index (χ4v) is 2.24. The third-order valence-electron chi connectivity index (χ3n) is 3.45. The summed E-state index contributed by atoms with van der Waals surface area (Å²) in [7, 11) is 0. The van der Waals surface area contributed by atoms with Crippen molar-refractivity contribution in [1.29, 1.82) is 0 Å². The van der Waals surface area contributed by atoms with E-state index in [0.717, 1.165) is 45.8 Å². The summed E-state index contributed by atoms with van der Waals surface area (Å²) < 4.78 is 5.31. The summed E-state index contributed by atoms with van der Waals surface area (Å²) in [4.78, 5) is 17.1. The Morgan fingerprint density at radius 2 is 2.00 bits per heavy atom. The van der Waals surface area contributed by atoms with Crippen molar-refractivity contribution in [3.05, 3.63) is 16.0 Å². The highest BCUT2D eigenvalue weighted by Crippen LogP contribution is 2.15. The first-order valence-electron chi connectivity index (χ1n) is 7.48. The standard InChI is InChI=1S/C14H25N5O2/c1-14(2,3)11-12(20)16-13(18-17-11)15-5-4-6-19-7-9-21-10-8-19/h4-10H2,1-3H3,(H2,15,16,18,20). The second-order valence-corrected chi connectivity index (χ2v) is 6.34. The van der Waals surface area contributed by atoms with Crippen molar-refractivity contribution in [3.63, 3.8) is 0 Å². The van der Waals surface area contributed by atoms with E-state index in [4.69, 9.17) is 4.74 Å². The predicted octanol–water partition coefficient (Wildman–Crippen LogP) is 0.597. The van der Waals surface area contributed by atoms with Gasteiger partial charge in [-0.3, -0.25) is 14.7 Å². The molecule has 0 amide bonds. The molecule has 0 unspecified atom stereocenters. The summed E-state index contributed by atoms with van der Waals surface area (Å²) in [5, 5.41) is 11.2. The van der Waals surface area contributed by atoms with Gasteiger partial charge in [0.05, 0.1) is 13.2 Å². The van der Waals surface area contributed by atoms with Gasteiger partial charge >= 0.3 is 0 Å². The van der Waals surface area contributed by atoms with E-state index in [0.29, 0.717) is 11.6 Å². The highest BCUT2D eigenvalue weighted by Gasteiger charge is 2.20. The van der Waals surface area contributed by atoms with Crippen LogP contribution in [-0.4, -0.2) is 59.5 Å². The summed E-state index contributed by atoms with van der Waals surface area (Å²) in [6, 6.07) is 0. The molecule has 0 bridgehead atoms. The molecule has 7 nitrogen and oxygen atoms in total. The van der Waals surface area contributed by atoms with Gasteiger partial charge in [0, 0.05) is 25.0 Å². The van der Waals surface area contributed by atoms with Crippen molar-refractivity contribution < 1.29 is 4.74 Å². The molecular weight excluding hydrogens is 270 g/mol. The van der Waals surface area contributed by atoms with E-state index in [1.165, 1.54) is 0 Å². The zero-order valence-electron chi connectivity index (χ0n) is 13.1. The minimum atomic E-state index is -0.296. The van der Waals surface area contributed by atoms with Crippen LogP contribution in [0.1, 0.15) is 32.9 Å². The van der Waals surface area contributed by atoms with Crippen molar-refractivity contribution >= 4 is 5.95 Å². The third-order valence-corrected chi connectivity index (χ3v) is 3.45. The summed E-state index contributed by atoms with van der Waals surface area (Å²) in [6.07, 6.45) is 0.991. The van der Waals surface area contributed by atoms with Crippen molar-refractivity contribution in [2.24, 2.45) is 0 Å². The van der Waals surface area contributed by atoms with Crippen molar-refractivity contribution in [1.82, 2.24) is 20.1 Å². The lowest BCUT2D eigenvalue weighted by atomic mass is 9.93. The molecule has 0 radical (unpaired) electrons. The average molecular weight is 295 g/mol. The van der Waals surface area contributed by atoms with E-state index >= 15 is 0 Å². The molecule has 2 N–H and O–H groups in total. The van der Waals surface area contributed by atoms with E-state index in [-0.39, 0.29) is 11.0 Å². The molecule has 1 aromatic heterocycles. The van der Waals surface area contributed by atoms with Crippen LogP contribution in [0.15, 0.2) is 4.79 Å². The van der Waals surface area contributed by atoms with Crippen molar-refractivity contribution in [2.45, 2.75) is 32.6 Å². The minimum Gasteiger partial charge on any atom is -0.379 e. The van der Waals surface area contributed by atoms with Crippen molar-refractivity contribution in [2.75, 3.05) is 44.7 Å². The molecule has 1 saturated heterocycles. The monoisotopic (exact) mass is 295 g/mol. The number of nitrogens with zero attached hydrogens (tertiary/aromatic N) is 3. The van der Waals surface area contributed by atoms with E-state index < -0.39 is 0 Å². The Kier molecular flexibility index (Phi) is 5.30. The number of H-pyrrole nitrogens is 1. The summed E-state index contributed by atoms with van der Waals surface area (Å²) in [6.45, 7) is 11.3. The Bertz CT molecular complexity index is 503. The summed E-state index contributed by atoms with van der Waals surface area (Å²) in [5.74, 6) is 0.440. The normalized spacial score (nSPS) is 16.9. The Balaban J connectivity index is 1.78. The fourth-order valence-electron chi connectivity index (χ4n) is 2.24. The highest BCUT2D eigenvalue weighted by atomic mass is 16.5. The van der Waals surface area contributed by atoms with Gasteiger partial charge in [-0.25, -0.2) is 0 Å². The van der Waals surface area contributed by atoms with E-state index in [1.807, 2.05) is 20.8 Å². The van der Waals surface area contributed by atoms with Crippen LogP contribution in [-0.2, 0) is 10.2 Å². The van der Waals surface area contributed by atoms with Gasteiger partial charge < -0.3 is 10.1 Å². The van der Waals surface area contributed by atoms with Crippen LogP contribution in [0.25, 0.3) is 0 Å².